The summed E-state index contributed by atoms with van der Waals surface area (Å²) in [4.78, 5) is 23.1. The third kappa shape index (κ3) is 3.84. The van der Waals surface area contributed by atoms with E-state index in [9.17, 15) is 4.79 Å². The number of carbonyl (C=O) groups excluding carboxylic acids is 1. The number of nitrogens with one attached hydrogen (secondary N) is 1. The average Bonchev–Trinajstić information content (AvgIpc) is 2.55. The lowest BCUT2D eigenvalue weighted by Crippen LogP contribution is -2.38. The number of hydrogen-bond acceptors (Lipinski definition) is 6. The molecule has 0 aromatic carbocycles. The molecule has 7 heteroatoms. The molecule has 2 aromatic rings. The van der Waals surface area contributed by atoms with Crippen LogP contribution in [0.25, 0.3) is 0 Å². The SMILES string of the molecule is Cc1ccc(N2CCC(C(=O)Nc3nc(C)cc(C)n3)CC2)nn1. The maximum absolute atomic E-state index is 12.4. The van der Waals surface area contributed by atoms with Gasteiger partial charge in [-0.3, -0.25) is 10.1 Å². The van der Waals surface area contributed by atoms with Crippen molar-refractivity contribution in [1.29, 1.82) is 0 Å². The van der Waals surface area contributed by atoms with E-state index in [1.165, 1.54) is 0 Å². The minimum atomic E-state index is -0.0240. The molecule has 3 rings (SSSR count). The maximum Gasteiger partial charge on any atom is 0.229 e. The second-order valence-corrected chi connectivity index (χ2v) is 6.26. The average molecular weight is 326 g/mol. The number of nitrogens with zero attached hydrogens (tertiary/aromatic N) is 5. The van der Waals surface area contributed by atoms with E-state index in [2.05, 4.69) is 30.4 Å². The van der Waals surface area contributed by atoms with Crippen LogP contribution in [0.5, 0.6) is 0 Å². The number of amides is 1. The molecule has 1 aliphatic heterocycles. The first-order valence-electron chi connectivity index (χ1n) is 8.20. The van der Waals surface area contributed by atoms with Crippen molar-refractivity contribution in [3.05, 3.63) is 35.3 Å². The Morgan fingerprint density at radius 3 is 2.29 bits per heavy atom. The molecule has 0 saturated carbocycles. The third-order valence-corrected chi connectivity index (χ3v) is 4.19. The van der Waals surface area contributed by atoms with Crippen LogP contribution >= 0.6 is 0 Å². The van der Waals surface area contributed by atoms with E-state index < -0.39 is 0 Å². The van der Waals surface area contributed by atoms with Gasteiger partial charge in [-0.2, -0.15) is 5.10 Å². The van der Waals surface area contributed by atoms with Crippen LogP contribution in [0.15, 0.2) is 18.2 Å². The van der Waals surface area contributed by atoms with E-state index in [4.69, 9.17) is 0 Å². The molecule has 0 aliphatic carbocycles. The predicted octanol–water partition coefficient (Wildman–Crippen LogP) is 2.05. The molecule has 3 heterocycles. The van der Waals surface area contributed by atoms with Crippen LogP contribution in [0.1, 0.15) is 29.9 Å². The number of carbonyl (C=O) groups is 1. The Bertz CT molecular complexity index is 702. The van der Waals surface area contributed by atoms with Crippen molar-refractivity contribution in [3.63, 3.8) is 0 Å². The lowest BCUT2D eigenvalue weighted by Gasteiger charge is -2.31. The van der Waals surface area contributed by atoms with Gasteiger partial charge in [-0.15, -0.1) is 5.10 Å². The smallest absolute Gasteiger partial charge is 0.229 e. The van der Waals surface area contributed by atoms with Gasteiger partial charge < -0.3 is 4.90 Å². The van der Waals surface area contributed by atoms with Crippen molar-refractivity contribution in [2.75, 3.05) is 23.3 Å². The first-order valence-corrected chi connectivity index (χ1v) is 8.20. The number of hydrogen-bond donors (Lipinski definition) is 1. The summed E-state index contributed by atoms with van der Waals surface area (Å²) >= 11 is 0. The van der Waals surface area contributed by atoms with E-state index >= 15 is 0 Å². The van der Waals surface area contributed by atoms with Crippen molar-refractivity contribution >= 4 is 17.7 Å². The quantitative estimate of drug-likeness (QED) is 0.929. The zero-order valence-corrected chi connectivity index (χ0v) is 14.3. The van der Waals surface area contributed by atoms with E-state index in [0.717, 1.165) is 48.8 Å². The standard InChI is InChI=1S/C17H22N6O/c1-11-4-5-15(22-21-11)23-8-6-14(7-9-23)16(24)20-17-18-12(2)10-13(3)19-17/h4-5,10,14H,6-9H2,1-3H3,(H,18,19,20,24). The van der Waals surface area contributed by atoms with Crippen LogP contribution in [0.4, 0.5) is 11.8 Å². The van der Waals surface area contributed by atoms with Crippen LogP contribution in [-0.2, 0) is 4.79 Å². The summed E-state index contributed by atoms with van der Waals surface area (Å²) in [6.45, 7) is 7.30. The van der Waals surface area contributed by atoms with Crippen molar-refractivity contribution < 1.29 is 4.79 Å². The Hall–Kier alpha value is -2.57. The minimum absolute atomic E-state index is 0.00496. The molecular weight excluding hydrogens is 304 g/mol. The number of aryl methyl sites for hydroxylation is 3. The second-order valence-electron chi connectivity index (χ2n) is 6.26. The Kier molecular flexibility index (Phi) is 4.69. The Labute approximate surface area is 141 Å². The van der Waals surface area contributed by atoms with Crippen LogP contribution < -0.4 is 10.2 Å². The van der Waals surface area contributed by atoms with E-state index in [-0.39, 0.29) is 11.8 Å². The largest absolute Gasteiger partial charge is 0.355 e. The molecule has 1 saturated heterocycles. The minimum Gasteiger partial charge on any atom is -0.355 e. The maximum atomic E-state index is 12.4. The number of aromatic nitrogens is 4. The second kappa shape index (κ2) is 6.90. The molecule has 7 nitrogen and oxygen atoms in total. The molecule has 0 spiro atoms. The molecule has 0 radical (unpaired) electrons. The molecule has 1 aliphatic rings. The van der Waals surface area contributed by atoms with E-state index in [0.29, 0.717) is 5.95 Å². The number of anilines is 2. The highest BCUT2D eigenvalue weighted by molar-refractivity contribution is 5.91. The summed E-state index contributed by atoms with van der Waals surface area (Å²) in [5.41, 5.74) is 2.61. The van der Waals surface area contributed by atoms with Crippen LogP contribution in [-0.4, -0.2) is 39.2 Å². The third-order valence-electron chi connectivity index (χ3n) is 4.19. The first-order chi connectivity index (χ1) is 11.5. The fourth-order valence-corrected chi connectivity index (χ4v) is 2.93. The van der Waals surface area contributed by atoms with Crippen LogP contribution in [0.2, 0.25) is 0 Å². The molecule has 1 fully saturated rings. The van der Waals surface area contributed by atoms with Gasteiger partial charge in [-0.25, -0.2) is 9.97 Å². The van der Waals surface area contributed by atoms with Gasteiger partial charge in [0.05, 0.1) is 5.69 Å². The van der Waals surface area contributed by atoms with Gasteiger partial charge in [0.1, 0.15) is 0 Å². The van der Waals surface area contributed by atoms with Gasteiger partial charge in [0.2, 0.25) is 11.9 Å². The Balaban J connectivity index is 1.57. The van der Waals surface area contributed by atoms with Gasteiger partial charge in [0.15, 0.2) is 5.82 Å². The highest BCUT2D eigenvalue weighted by Crippen LogP contribution is 2.22. The van der Waals surface area contributed by atoms with E-state index in [1.54, 1.807) is 0 Å². The Morgan fingerprint density at radius 2 is 1.71 bits per heavy atom. The van der Waals surface area contributed by atoms with Gasteiger partial charge >= 0.3 is 0 Å². The highest BCUT2D eigenvalue weighted by Gasteiger charge is 2.26. The summed E-state index contributed by atoms with van der Waals surface area (Å²) in [5.74, 6) is 1.24. The molecular formula is C17H22N6O. The summed E-state index contributed by atoms with van der Waals surface area (Å²) in [6.07, 6.45) is 1.57. The molecule has 0 atom stereocenters. The van der Waals surface area contributed by atoms with E-state index in [1.807, 2.05) is 39.0 Å². The van der Waals surface area contributed by atoms with Crippen LogP contribution in [0, 0.1) is 26.7 Å². The monoisotopic (exact) mass is 326 g/mol. The fourth-order valence-electron chi connectivity index (χ4n) is 2.93. The predicted molar refractivity (Wildman–Crippen MR) is 91.8 cm³/mol. The van der Waals surface area contributed by atoms with Crippen LogP contribution in [0.3, 0.4) is 0 Å². The van der Waals surface area contributed by atoms with Gasteiger partial charge in [-0.05, 0) is 51.8 Å². The summed E-state index contributed by atoms with van der Waals surface area (Å²) in [6, 6.07) is 5.82. The Morgan fingerprint density at radius 1 is 1.04 bits per heavy atom. The molecule has 1 N–H and O–H groups in total. The molecule has 24 heavy (non-hydrogen) atoms. The molecule has 0 bridgehead atoms. The first kappa shape index (κ1) is 16.3. The molecule has 126 valence electrons. The summed E-state index contributed by atoms with van der Waals surface area (Å²) in [7, 11) is 0. The fraction of sp³-hybridized carbons (Fsp3) is 0.471. The summed E-state index contributed by atoms with van der Waals surface area (Å²) < 4.78 is 0. The summed E-state index contributed by atoms with van der Waals surface area (Å²) in [5, 5.41) is 11.2. The lowest BCUT2D eigenvalue weighted by atomic mass is 9.96. The zero-order valence-electron chi connectivity index (χ0n) is 14.3. The van der Waals surface area contributed by atoms with Crippen molar-refractivity contribution in [3.8, 4) is 0 Å². The van der Waals surface area contributed by atoms with Crippen molar-refractivity contribution in [2.45, 2.75) is 33.6 Å². The number of rotatable bonds is 3. The molecule has 1 amide bonds. The lowest BCUT2D eigenvalue weighted by molar-refractivity contribution is -0.120. The zero-order chi connectivity index (χ0) is 17.1. The van der Waals surface area contributed by atoms with Gasteiger partial charge in [0, 0.05) is 30.4 Å². The topological polar surface area (TPSA) is 83.9 Å². The molecule has 2 aromatic heterocycles. The normalized spacial score (nSPS) is 15.4. The highest BCUT2D eigenvalue weighted by atomic mass is 16.2. The number of piperidine rings is 1. The van der Waals surface area contributed by atoms with Gasteiger partial charge in [0.25, 0.3) is 0 Å². The van der Waals surface area contributed by atoms with Crippen molar-refractivity contribution in [1.82, 2.24) is 20.2 Å². The van der Waals surface area contributed by atoms with Crippen molar-refractivity contribution in [2.24, 2.45) is 5.92 Å². The van der Waals surface area contributed by atoms with Gasteiger partial charge in [-0.1, -0.05) is 0 Å². The molecule has 0 unspecified atom stereocenters.